The molecule has 36 heavy (non-hydrogen) atoms. The quantitative estimate of drug-likeness (QED) is 0.449. The molecule has 0 saturated carbocycles. The standard InChI is InChI=1S/C25H24F2N2O6S/c1-14(2)18-10-16(26)11-19(15-7-8-28-24(9-15)34-3)20(18)13-23(30)29-36(32,33)17-5-6-22(27)21(12-17)25(31)35-4/h5-12,14H,13H2,1-4H3,(H,29,30). The molecule has 1 N–H and O–H groups in total. The van der Waals surface area contributed by atoms with E-state index in [-0.39, 0.29) is 11.8 Å². The van der Waals surface area contributed by atoms with Crippen molar-refractivity contribution in [3.63, 3.8) is 0 Å². The smallest absolute Gasteiger partial charge is 0.340 e. The molecule has 0 atom stereocenters. The highest BCUT2D eigenvalue weighted by Crippen LogP contribution is 2.33. The Labute approximate surface area is 207 Å². The maximum absolute atomic E-state index is 14.5. The van der Waals surface area contributed by atoms with Crippen molar-refractivity contribution in [2.45, 2.75) is 31.1 Å². The van der Waals surface area contributed by atoms with Crippen molar-refractivity contribution >= 4 is 21.9 Å². The number of carbonyl (C=O) groups excluding carboxylic acids is 2. The van der Waals surface area contributed by atoms with Crippen molar-refractivity contribution in [2.24, 2.45) is 0 Å². The minimum Gasteiger partial charge on any atom is -0.481 e. The van der Waals surface area contributed by atoms with Gasteiger partial charge in [0.15, 0.2) is 0 Å². The van der Waals surface area contributed by atoms with E-state index in [1.54, 1.807) is 12.1 Å². The van der Waals surface area contributed by atoms with Crippen LogP contribution in [-0.2, 0) is 26.0 Å². The van der Waals surface area contributed by atoms with E-state index < -0.39 is 50.4 Å². The number of methoxy groups -OCH3 is 2. The Morgan fingerprint density at radius 2 is 1.78 bits per heavy atom. The zero-order valence-corrected chi connectivity index (χ0v) is 20.8. The van der Waals surface area contributed by atoms with Gasteiger partial charge in [-0.1, -0.05) is 13.8 Å². The fourth-order valence-corrected chi connectivity index (χ4v) is 4.67. The number of esters is 1. The average Bonchev–Trinajstić information content (AvgIpc) is 2.84. The number of ether oxygens (including phenoxy) is 2. The number of benzene rings is 2. The molecule has 1 amide bonds. The minimum atomic E-state index is -4.47. The lowest BCUT2D eigenvalue weighted by Crippen LogP contribution is -2.32. The maximum atomic E-state index is 14.5. The molecule has 0 fully saturated rings. The van der Waals surface area contributed by atoms with E-state index in [9.17, 15) is 26.8 Å². The van der Waals surface area contributed by atoms with Crippen LogP contribution in [0.4, 0.5) is 8.78 Å². The van der Waals surface area contributed by atoms with E-state index in [0.29, 0.717) is 22.3 Å². The van der Waals surface area contributed by atoms with Crippen molar-refractivity contribution in [3.8, 4) is 17.0 Å². The predicted molar refractivity (Wildman–Crippen MR) is 127 cm³/mol. The normalized spacial score (nSPS) is 11.3. The summed E-state index contributed by atoms with van der Waals surface area (Å²) in [5, 5.41) is 0. The summed E-state index contributed by atoms with van der Waals surface area (Å²) in [6.45, 7) is 3.63. The minimum absolute atomic E-state index is 0.192. The summed E-state index contributed by atoms with van der Waals surface area (Å²) < 4.78 is 65.6. The first-order chi connectivity index (χ1) is 17.0. The van der Waals surface area contributed by atoms with Gasteiger partial charge in [-0.25, -0.2) is 31.7 Å². The molecule has 0 aliphatic carbocycles. The van der Waals surface area contributed by atoms with Crippen LogP contribution in [-0.4, -0.2) is 39.5 Å². The lowest BCUT2D eigenvalue weighted by molar-refractivity contribution is -0.118. The van der Waals surface area contributed by atoms with E-state index in [0.717, 1.165) is 25.3 Å². The highest BCUT2D eigenvalue weighted by molar-refractivity contribution is 7.90. The number of nitrogens with one attached hydrogen (secondary N) is 1. The molecule has 0 saturated heterocycles. The Morgan fingerprint density at radius 3 is 2.42 bits per heavy atom. The largest absolute Gasteiger partial charge is 0.481 e. The second-order valence-electron chi connectivity index (χ2n) is 8.10. The lowest BCUT2D eigenvalue weighted by atomic mass is 9.88. The average molecular weight is 519 g/mol. The molecular formula is C25H24F2N2O6S. The zero-order valence-electron chi connectivity index (χ0n) is 20.0. The molecule has 3 rings (SSSR count). The number of hydrogen-bond donors (Lipinski definition) is 1. The third-order valence-electron chi connectivity index (χ3n) is 5.37. The van der Waals surface area contributed by atoms with Crippen LogP contribution in [0.15, 0.2) is 53.6 Å². The second-order valence-corrected chi connectivity index (χ2v) is 9.78. The summed E-state index contributed by atoms with van der Waals surface area (Å²) in [4.78, 5) is 28.2. The zero-order chi connectivity index (χ0) is 26.6. The van der Waals surface area contributed by atoms with Crippen molar-refractivity contribution in [1.82, 2.24) is 9.71 Å². The fourth-order valence-electron chi connectivity index (χ4n) is 3.66. The van der Waals surface area contributed by atoms with Gasteiger partial charge < -0.3 is 9.47 Å². The van der Waals surface area contributed by atoms with Crippen LogP contribution in [0.3, 0.4) is 0 Å². The van der Waals surface area contributed by atoms with E-state index in [2.05, 4.69) is 9.72 Å². The Hall–Kier alpha value is -3.86. The Kier molecular flexibility index (Phi) is 8.03. The molecule has 0 spiro atoms. The first kappa shape index (κ1) is 26.7. The Morgan fingerprint density at radius 1 is 1.06 bits per heavy atom. The predicted octanol–water partition coefficient (Wildman–Crippen LogP) is 3.99. The van der Waals surface area contributed by atoms with Crippen LogP contribution < -0.4 is 9.46 Å². The first-order valence-electron chi connectivity index (χ1n) is 10.7. The van der Waals surface area contributed by atoms with E-state index in [1.165, 1.54) is 25.4 Å². The number of amides is 1. The van der Waals surface area contributed by atoms with Gasteiger partial charge in [0.2, 0.25) is 11.8 Å². The van der Waals surface area contributed by atoms with Gasteiger partial charge in [0.05, 0.1) is 31.1 Å². The topological polar surface area (TPSA) is 112 Å². The Bertz CT molecular complexity index is 1420. The van der Waals surface area contributed by atoms with Gasteiger partial charge in [0, 0.05) is 12.3 Å². The highest BCUT2D eigenvalue weighted by atomic mass is 32.2. The molecule has 1 heterocycles. The van der Waals surface area contributed by atoms with Gasteiger partial charge in [-0.15, -0.1) is 0 Å². The number of nitrogens with zero attached hydrogens (tertiary/aromatic N) is 1. The van der Waals surface area contributed by atoms with Crippen LogP contribution in [0.25, 0.3) is 11.1 Å². The van der Waals surface area contributed by atoms with Crippen LogP contribution in [0.2, 0.25) is 0 Å². The van der Waals surface area contributed by atoms with Gasteiger partial charge in [-0.3, -0.25) is 4.79 Å². The molecule has 0 aliphatic rings. The monoisotopic (exact) mass is 518 g/mol. The number of halogens is 2. The molecule has 1 aromatic heterocycles. The maximum Gasteiger partial charge on any atom is 0.340 e. The lowest BCUT2D eigenvalue weighted by Gasteiger charge is -2.18. The third-order valence-corrected chi connectivity index (χ3v) is 6.74. The number of pyridine rings is 1. The summed E-state index contributed by atoms with van der Waals surface area (Å²) >= 11 is 0. The molecular weight excluding hydrogens is 494 g/mol. The summed E-state index contributed by atoms with van der Waals surface area (Å²) in [7, 11) is -2.02. The van der Waals surface area contributed by atoms with Gasteiger partial charge >= 0.3 is 5.97 Å². The van der Waals surface area contributed by atoms with Crippen LogP contribution in [0.5, 0.6) is 5.88 Å². The third kappa shape index (κ3) is 5.85. The molecule has 11 heteroatoms. The van der Waals surface area contributed by atoms with E-state index in [4.69, 9.17) is 4.74 Å². The summed E-state index contributed by atoms with van der Waals surface area (Å²) in [6.07, 6.45) is 1.06. The van der Waals surface area contributed by atoms with Gasteiger partial charge in [-0.2, -0.15) is 0 Å². The van der Waals surface area contributed by atoms with Crippen LogP contribution >= 0.6 is 0 Å². The van der Waals surface area contributed by atoms with Crippen molar-refractivity contribution in [2.75, 3.05) is 14.2 Å². The summed E-state index contributed by atoms with van der Waals surface area (Å²) in [5.74, 6) is -3.39. The van der Waals surface area contributed by atoms with Crippen LogP contribution in [0.1, 0.15) is 41.3 Å². The number of aromatic nitrogens is 1. The molecule has 8 nitrogen and oxygen atoms in total. The molecule has 2 aromatic carbocycles. The molecule has 0 unspecified atom stereocenters. The first-order valence-corrected chi connectivity index (χ1v) is 12.2. The van der Waals surface area contributed by atoms with Crippen molar-refractivity contribution < 1.29 is 36.3 Å². The molecule has 3 aromatic rings. The number of sulfonamides is 1. The summed E-state index contributed by atoms with van der Waals surface area (Å²) in [6, 6.07) is 8.23. The number of hydrogen-bond acceptors (Lipinski definition) is 7. The van der Waals surface area contributed by atoms with Gasteiger partial charge in [0.1, 0.15) is 11.6 Å². The highest BCUT2D eigenvalue weighted by Gasteiger charge is 2.24. The SMILES string of the molecule is COC(=O)c1cc(S(=O)(=O)NC(=O)Cc2c(-c3ccnc(OC)c3)cc(F)cc2C(C)C)ccc1F. The van der Waals surface area contributed by atoms with Crippen molar-refractivity contribution in [3.05, 3.63) is 77.0 Å². The number of carbonyl (C=O) groups is 2. The molecule has 190 valence electrons. The second kappa shape index (κ2) is 10.8. The van der Waals surface area contributed by atoms with Gasteiger partial charge in [0.25, 0.3) is 10.0 Å². The van der Waals surface area contributed by atoms with E-state index >= 15 is 0 Å². The van der Waals surface area contributed by atoms with Crippen LogP contribution in [0, 0.1) is 11.6 Å². The van der Waals surface area contributed by atoms with Gasteiger partial charge in [-0.05, 0) is 64.6 Å². The number of rotatable bonds is 8. The Balaban J connectivity index is 2.00. The van der Waals surface area contributed by atoms with Crippen molar-refractivity contribution in [1.29, 1.82) is 0 Å². The molecule has 0 aliphatic heterocycles. The molecule has 0 bridgehead atoms. The summed E-state index contributed by atoms with van der Waals surface area (Å²) in [5.41, 5.74) is 1.24. The molecule has 0 radical (unpaired) electrons. The van der Waals surface area contributed by atoms with E-state index in [1.807, 2.05) is 18.6 Å². The fraction of sp³-hybridized carbons (Fsp3) is 0.240.